The number of aliphatic hydroxyl groups excluding tert-OH is 2. The molecule has 0 radical (unpaired) electrons. The van der Waals surface area contributed by atoms with E-state index in [2.05, 4.69) is 16.7 Å². The van der Waals surface area contributed by atoms with Crippen LogP contribution in [0.15, 0.2) is 0 Å². The standard InChI is InChI=1S/C12H20O23S4/c13-5-6(14)10(35-39(26,27)28)12(33-9(5)11(15)16)32-7-3(1-29-36(17,18)19)31-4(2-30-37(20,21)22)8(7)34-38(23,24)25/h3-10,12-14H,1-2H2,(H,15,16)(H,17,18,19)(H,20,21,22)(H,23,24,25)(H,26,27,28). The largest absolute Gasteiger partial charge is 0.479 e. The lowest BCUT2D eigenvalue weighted by atomic mass is 9.98. The van der Waals surface area contributed by atoms with Crippen LogP contribution in [0.25, 0.3) is 0 Å². The molecule has 2 fully saturated rings. The molecule has 23 nitrogen and oxygen atoms in total. The van der Waals surface area contributed by atoms with E-state index in [0.29, 0.717) is 0 Å². The van der Waals surface area contributed by atoms with Crippen LogP contribution in [0.5, 0.6) is 0 Å². The van der Waals surface area contributed by atoms with E-state index in [1.54, 1.807) is 0 Å². The predicted octanol–water partition coefficient (Wildman–Crippen LogP) is -5.31. The molecule has 0 aromatic carbocycles. The number of rotatable bonds is 13. The van der Waals surface area contributed by atoms with Gasteiger partial charge >= 0.3 is 47.6 Å². The monoisotopic (exact) mass is 660 g/mol. The van der Waals surface area contributed by atoms with Crippen LogP contribution in [-0.2, 0) is 77.3 Å². The molecule has 0 aliphatic carbocycles. The number of carboxylic acid groups (broad SMARTS) is 1. The van der Waals surface area contributed by atoms with E-state index in [1.807, 2.05) is 0 Å². The van der Waals surface area contributed by atoms with E-state index in [1.165, 1.54) is 0 Å². The maximum Gasteiger partial charge on any atom is 0.397 e. The second-order valence-electron chi connectivity index (χ2n) is 7.46. The van der Waals surface area contributed by atoms with Crippen LogP contribution < -0.4 is 0 Å². The number of aliphatic hydroxyl groups is 2. The van der Waals surface area contributed by atoms with Crippen LogP contribution in [0.1, 0.15) is 0 Å². The lowest BCUT2D eigenvalue weighted by Crippen LogP contribution is -2.62. The lowest BCUT2D eigenvalue weighted by Gasteiger charge is -2.41. The molecule has 0 amide bonds. The maximum atomic E-state index is 11.4. The molecule has 0 aromatic heterocycles. The van der Waals surface area contributed by atoms with Crippen LogP contribution in [-0.4, -0.2) is 142 Å². The molecule has 27 heteroatoms. The Balaban J connectivity index is 2.54. The van der Waals surface area contributed by atoms with Crippen molar-refractivity contribution in [3.05, 3.63) is 0 Å². The van der Waals surface area contributed by atoms with Crippen LogP contribution in [0.4, 0.5) is 0 Å². The number of ether oxygens (including phenoxy) is 3. The van der Waals surface area contributed by atoms with Crippen molar-refractivity contribution in [1.29, 1.82) is 0 Å². The van der Waals surface area contributed by atoms with Gasteiger partial charge < -0.3 is 29.5 Å². The molecule has 2 rings (SSSR count). The molecule has 0 spiro atoms. The first-order chi connectivity index (χ1) is 17.5. The van der Waals surface area contributed by atoms with Crippen molar-refractivity contribution < 1.29 is 103 Å². The van der Waals surface area contributed by atoms with E-state index in [-0.39, 0.29) is 0 Å². The molecule has 9 atom stereocenters. The number of carboxylic acids is 1. The van der Waals surface area contributed by atoms with Crippen molar-refractivity contribution >= 4 is 47.6 Å². The Kier molecular flexibility index (Phi) is 10.7. The molecule has 2 aliphatic heterocycles. The van der Waals surface area contributed by atoms with Crippen LogP contribution in [0.3, 0.4) is 0 Å². The third-order valence-corrected chi connectivity index (χ3v) is 6.51. The fourth-order valence-corrected chi connectivity index (χ4v) is 4.96. The Labute approximate surface area is 218 Å². The van der Waals surface area contributed by atoms with Crippen LogP contribution in [0.2, 0.25) is 0 Å². The van der Waals surface area contributed by atoms with Gasteiger partial charge in [0.1, 0.15) is 36.6 Å². The van der Waals surface area contributed by atoms with Gasteiger partial charge in [0.15, 0.2) is 18.5 Å². The first-order valence-corrected chi connectivity index (χ1v) is 15.0. The second kappa shape index (κ2) is 12.3. The van der Waals surface area contributed by atoms with Gasteiger partial charge in [0.05, 0.1) is 13.2 Å². The average molecular weight is 661 g/mol. The molecule has 9 unspecified atom stereocenters. The molecular formula is C12H20O23S4. The van der Waals surface area contributed by atoms with E-state index >= 15 is 0 Å². The van der Waals surface area contributed by atoms with Gasteiger partial charge in [0, 0.05) is 0 Å². The normalized spacial score (nSPS) is 34.7. The maximum absolute atomic E-state index is 11.4. The molecule has 230 valence electrons. The molecule has 2 saturated heterocycles. The minimum Gasteiger partial charge on any atom is -0.479 e. The Hall–Kier alpha value is -1.25. The van der Waals surface area contributed by atoms with Crippen molar-refractivity contribution in [3.8, 4) is 0 Å². The third-order valence-electron chi connectivity index (χ3n) is 4.71. The second-order valence-corrected chi connectivity index (χ2v) is 11.7. The summed E-state index contributed by atoms with van der Waals surface area (Å²) in [6.45, 7) is -2.70. The van der Waals surface area contributed by atoms with Gasteiger partial charge in [0.2, 0.25) is 0 Å². The number of hydrogen-bond acceptors (Lipinski definition) is 18. The molecule has 0 saturated carbocycles. The first-order valence-electron chi connectivity index (χ1n) is 9.58. The SMILES string of the molecule is O=C(O)C1OC(OC2C(COS(=O)(=O)O)OC(COS(=O)(=O)O)C2OS(=O)(=O)O)C(OS(=O)(=O)O)C(O)C1O. The molecule has 7 N–H and O–H groups in total. The van der Waals surface area contributed by atoms with Gasteiger partial charge in [-0.2, -0.15) is 33.7 Å². The molecule has 0 bridgehead atoms. The number of hydrogen-bond donors (Lipinski definition) is 7. The Morgan fingerprint density at radius 2 is 1.08 bits per heavy atom. The van der Waals surface area contributed by atoms with E-state index in [0.717, 1.165) is 0 Å². The summed E-state index contributed by atoms with van der Waals surface area (Å²) < 4.78 is 157. The van der Waals surface area contributed by atoms with Gasteiger partial charge in [-0.1, -0.05) is 0 Å². The van der Waals surface area contributed by atoms with E-state index in [9.17, 15) is 53.8 Å². The van der Waals surface area contributed by atoms with Crippen LogP contribution >= 0.6 is 0 Å². The molecule has 2 aliphatic rings. The quantitative estimate of drug-likeness (QED) is 0.0906. The van der Waals surface area contributed by atoms with Gasteiger partial charge in [-0.05, 0) is 0 Å². The highest BCUT2D eigenvalue weighted by molar-refractivity contribution is 7.81. The summed E-state index contributed by atoms with van der Waals surface area (Å²) in [5.41, 5.74) is 0. The summed E-state index contributed by atoms with van der Waals surface area (Å²) in [7, 11) is -21.6. The molecule has 39 heavy (non-hydrogen) atoms. The highest BCUT2D eigenvalue weighted by Crippen LogP contribution is 2.34. The summed E-state index contributed by atoms with van der Waals surface area (Å²) in [5, 5.41) is 29.3. The fourth-order valence-electron chi connectivity index (χ4n) is 3.35. The molecule has 2 heterocycles. The minimum atomic E-state index is -5.55. The first kappa shape index (κ1) is 34.0. The zero-order valence-electron chi connectivity index (χ0n) is 18.4. The highest BCUT2D eigenvalue weighted by Gasteiger charge is 2.55. The lowest BCUT2D eigenvalue weighted by molar-refractivity contribution is -0.305. The molecule has 0 aromatic rings. The number of aliphatic carboxylic acids is 1. The Bertz CT molecular complexity index is 1300. The highest BCUT2D eigenvalue weighted by atomic mass is 32.3. The molecular weight excluding hydrogens is 640 g/mol. The summed E-state index contributed by atoms with van der Waals surface area (Å²) >= 11 is 0. The summed E-state index contributed by atoms with van der Waals surface area (Å²) in [6.07, 6.45) is -21.2. The van der Waals surface area contributed by atoms with Crippen LogP contribution in [0, 0.1) is 0 Å². The summed E-state index contributed by atoms with van der Waals surface area (Å²) in [5.74, 6) is -1.99. The van der Waals surface area contributed by atoms with E-state index < -0.39 is 116 Å². The zero-order chi connectivity index (χ0) is 30.1. The van der Waals surface area contributed by atoms with Crippen molar-refractivity contribution in [2.45, 2.75) is 55.1 Å². The number of carbonyl (C=O) groups is 1. The summed E-state index contributed by atoms with van der Waals surface area (Å²) in [4.78, 5) is 11.4. The van der Waals surface area contributed by atoms with Gasteiger partial charge in [-0.3, -0.25) is 18.2 Å². The predicted molar refractivity (Wildman–Crippen MR) is 110 cm³/mol. The van der Waals surface area contributed by atoms with E-state index in [4.69, 9.17) is 32.4 Å². The minimum absolute atomic E-state index is 1.35. The smallest absolute Gasteiger partial charge is 0.397 e. The van der Waals surface area contributed by atoms with Gasteiger partial charge in [-0.15, -0.1) is 0 Å². The Morgan fingerprint density at radius 3 is 1.49 bits per heavy atom. The topological polar surface area (TPSA) is 360 Å². The van der Waals surface area contributed by atoms with Crippen molar-refractivity contribution in [2.24, 2.45) is 0 Å². The fraction of sp³-hybridized carbons (Fsp3) is 0.917. The van der Waals surface area contributed by atoms with Crippen molar-refractivity contribution in [3.63, 3.8) is 0 Å². The zero-order valence-corrected chi connectivity index (χ0v) is 21.7. The Morgan fingerprint density at radius 1 is 0.641 bits per heavy atom. The van der Waals surface area contributed by atoms with Crippen molar-refractivity contribution in [1.82, 2.24) is 0 Å². The van der Waals surface area contributed by atoms with Gasteiger partial charge in [0.25, 0.3) is 0 Å². The summed E-state index contributed by atoms with van der Waals surface area (Å²) in [6, 6.07) is 0. The third kappa shape index (κ3) is 10.6. The van der Waals surface area contributed by atoms with Gasteiger partial charge in [-0.25, -0.2) is 21.5 Å². The average Bonchev–Trinajstić information content (AvgIpc) is 3.03. The van der Waals surface area contributed by atoms with Crippen molar-refractivity contribution in [2.75, 3.05) is 13.2 Å².